The SMILES string of the molecule is CCC(C)CN(CC)C(=O)N1CCNCC1. The Kier molecular flexibility index (Phi) is 5.60. The Morgan fingerprint density at radius 3 is 2.50 bits per heavy atom. The third kappa shape index (κ3) is 3.67. The molecule has 1 aliphatic heterocycles. The molecule has 0 aliphatic carbocycles. The molecule has 0 bridgehead atoms. The zero-order valence-corrected chi connectivity index (χ0v) is 10.8. The molecule has 1 unspecified atom stereocenters. The Bertz CT molecular complexity index is 214. The molecule has 1 aliphatic rings. The Hall–Kier alpha value is -0.770. The van der Waals surface area contributed by atoms with Gasteiger partial charge in [-0.1, -0.05) is 20.3 Å². The number of hydrogen-bond acceptors (Lipinski definition) is 2. The monoisotopic (exact) mass is 227 g/mol. The highest BCUT2D eigenvalue weighted by molar-refractivity contribution is 5.74. The fourth-order valence-electron chi connectivity index (χ4n) is 1.90. The molecule has 1 rings (SSSR count). The van der Waals surface area contributed by atoms with Crippen molar-refractivity contribution in [1.82, 2.24) is 15.1 Å². The topological polar surface area (TPSA) is 35.6 Å². The van der Waals surface area contributed by atoms with Crippen LogP contribution in [0.4, 0.5) is 4.79 Å². The highest BCUT2D eigenvalue weighted by Gasteiger charge is 2.21. The average Bonchev–Trinajstić information content (AvgIpc) is 2.35. The summed E-state index contributed by atoms with van der Waals surface area (Å²) in [4.78, 5) is 16.1. The highest BCUT2D eigenvalue weighted by Crippen LogP contribution is 2.07. The average molecular weight is 227 g/mol. The van der Waals surface area contributed by atoms with E-state index in [2.05, 4.69) is 26.1 Å². The van der Waals surface area contributed by atoms with E-state index in [1.165, 1.54) is 0 Å². The molecule has 4 heteroatoms. The van der Waals surface area contributed by atoms with Gasteiger partial charge in [0.2, 0.25) is 0 Å². The first kappa shape index (κ1) is 13.3. The summed E-state index contributed by atoms with van der Waals surface area (Å²) in [5.74, 6) is 0.590. The summed E-state index contributed by atoms with van der Waals surface area (Å²) in [6.07, 6.45) is 1.13. The van der Waals surface area contributed by atoms with Crippen LogP contribution in [0, 0.1) is 5.92 Å². The molecule has 2 amide bonds. The molecule has 1 saturated heterocycles. The summed E-state index contributed by atoms with van der Waals surface area (Å²) in [5, 5.41) is 3.27. The normalized spacial score (nSPS) is 18.3. The lowest BCUT2D eigenvalue weighted by Gasteiger charge is -2.33. The predicted octanol–water partition coefficient (Wildman–Crippen LogP) is 1.38. The molecule has 1 fully saturated rings. The van der Waals surface area contributed by atoms with Crippen molar-refractivity contribution in [3.63, 3.8) is 0 Å². The van der Waals surface area contributed by atoms with E-state index in [1.54, 1.807) is 0 Å². The standard InChI is InChI=1S/C12H25N3O/c1-4-11(3)10-14(5-2)12(16)15-8-6-13-7-9-15/h11,13H,4-10H2,1-3H3. The van der Waals surface area contributed by atoms with E-state index in [1.807, 2.05) is 9.80 Å². The van der Waals surface area contributed by atoms with Gasteiger partial charge in [0.25, 0.3) is 0 Å². The van der Waals surface area contributed by atoms with E-state index in [0.717, 1.165) is 45.7 Å². The Morgan fingerprint density at radius 2 is 2.00 bits per heavy atom. The van der Waals surface area contributed by atoms with Crippen molar-refractivity contribution in [2.24, 2.45) is 5.92 Å². The minimum absolute atomic E-state index is 0.212. The van der Waals surface area contributed by atoms with E-state index in [4.69, 9.17) is 0 Å². The highest BCUT2D eigenvalue weighted by atomic mass is 16.2. The van der Waals surface area contributed by atoms with Gasteiger partial charge < -0.3 is 15.1 Å². The molecular weight excluding hydrogens is 202 g/mol. The van der Waals surface area contributed by atoms with Gasteiger partial charge >= 0.3 is 6.03 Å². The van der Waals surface area contributed by atoms with E-state index in [-0.39, 0.29) is 6.03 Å². The number of carbonyl (C=O) groups excluding carboxylic acids is 1. The predicted molar refractivity (Wildman–Crippen MR) is 66.5 cm³/mol. The first-order chi connectivity index (χ1) is 7.69. The van der Waals surface area contributed by atoms with Crippen LogP contribution in [0.25, 0.3) is 0 Å². The van der Waals surface area contributed by atoms with Crippen molar-refractivity contribution in [3.05, 3.63) is 0 Å². The van der Waals surface area contributed by atoms with Crippen molar-refractivity contribution >= 4 is 6.03 Å². The fourth-order valence-corrected chi connectivity index (χ4v) is 1.90. The van der Waals surface area contributed by atoms with Crippen molar-refractivity contribution in [2.75, 3.05) is 39.3 Å². The van der Waals surface area contributed by atoms with Crippen molar-refractivity contribution in [1.29, 1.82) is 0 Å². The molecule has 16 heavy (non-hydrogen) atoms. The maximum Gasteiger partial charge on any atom is 0.320 e. The lowest BCUT2D eigenvalue weighted by atomic mass is 10.1. The minimum Gasteiger partial charge on any atom is -0.325 e. The van der Waals surface area contributed by atoms with Gasteiger partial charge in [-0.05, 0) is 12.8 Å². The van der Waals surface area contributed by atoms with Crippen LogP contribution in [-0.2, 0) is 0 Å². The third-order valence-corrected chi connectivity index (χ3v) is 3.27. The van der Waals surface area contributed by atoms with Crippen LogP contribution in [0.15, 0.2) is 0 Å². The number of piperazine rings is 1. The molecule has 0 aromatic carbocycles. The van der Waals surface area contributed by atoms with Crippen LogP contribution in [0.2, 0.25) is 0 Å². The van der Waals surface area contributed by atoms with E-state index in [0.29, 0.717) is 5.92 Å². The number of nitrogens with zero attached hydrogens (tertiary/aromatic N) is 2. The molecule has 1 N–H and O–H groups in total. The summed E-state index contributed by atoms with van der Waals surface area (Å²) in [6, 6.07) is 0.212. The maximum absolute atomic E-state index is 12.2. The van der Waals surface area contributed by atoms with Gasteiger partial charge in [-0.15, -0.1) is 0 Å². The first-order valence-corrected chi connectivity index (χ1v) is 6.43. The van der Waals surface area contributed by atoms with Crippen LogP contribution in [0.1, 0.15) is 27.2 Å². The largest absolute Gasteiger partial charge is 0.325 e. The Morgan fingerprint density at radius 1 is 1.38 bits per heavy atom. The number of rotatable bonds is 4. The molecule has 0 aromatic rings. The van der Waals surface area contributed by atoms with Gasteiger partial charge in [0.1, 0.15) is 0 Å². The zero-order chi connectivity index (χ0) is 12.0. The van der Waals surface area contributed by atoms with Gasteiger partial charge in [0.15, 0.2) is 0 Å². The quantitative estimate of drug-likeness (QED) is 0.787. The molecule has 1 heterocycles. The van der Waals surface area contributed by atoms with Crippen LogP contribution < -0.4 is 5.32 Å². The van der Waals surface area contributed by atoms with E-state index in [9.17, 15) is 4.79 Å². The number of hydrogen-bond donors (Lipinski definition) is 1. The van der Waals surface area contributed by atoms with Crippen LogP contribution in [-0.4, -0.2) is 55.1 Å². The van der Waals surface area contributed by atoms with Gasteiger partial charge in [-0.3, -0.25) is 0 Å². The Labute approximate surface area is 99.0 Å². The summed E-state index contributed by atoms with van der Waals surface area (Å²) in [5.41, 5.74) is 0. The van der Waals surface area contributed by atoms with Crippen molar-refractivity contribution in [2.45, 2.75) is 27.2 Å². The molecule has 0 saturated carbocycles. The second kappa shape index (κ2) is 6.74. The van der Waals surface area contributed by atoms with Crippen molar-refractivity contribution < 1.29 is 4.79 Å². The third-order valence-electron chi connectivity index (χ3n) is 3.27. The van der Waals surface area contributed by atoms with E-state index >= 15 is 0 Å². The molecule has 4 nitrogen and oxygen atoms in total. The lowest BCUT2D eigenvalue weighted by molar-refractivity contribution is 0.142. The summed E-state index contributed by atoms with van der Waals surface area (Å²) in [6.45, 7) is 11.7. The van der Waals surface area contributed by atoms with Gasteiger partial charge in [0.05, 0.1) is 0 Å². The molecule has 0 spiro atoms. The fraction of sp³-hybridized carbons (Fsp3) is 0.917. The number of urea groups is 1. The van der Waals surface area contributed by atoms with Gasteiger partial charge in [-0.2, -0.15) is 0 Å². The number of amides is 2. The minimum atomic E-state index is 0.212. The van der Waals surface area contributed by atoms with Crippen LogP contribution in [0.5, 0.6) is 0 Å². The van der Waals surface area contributed by atoms with Crippen molar-refractivity contribution in [3.8, 4) is 0 Å². The molecule has 1 atom stereocenters. The molecule has 0 radical (unpaired) electrons. The second-order valence-electron chi connectivity index (χ2n) is 4.57. The summed E-state index contributed by atoms with van der Waals surface area (Å²) in [7, 11) is 0. The number of carbonyl (C=O) groups is 1. The maximum atomic E-state index is 12.2. The smallest absolute Gasteiger partial charge is 0.320 e. The molecule has 0 aromatic heterocycles. The van der Waals surface area contributed by atoms with Gasteiger partial charge in [0, 0.05) is 39.3 Å². The summed E-state index contributed by atoms with van der Waals surface area (Å²) >= 11 is 0. The number of nitrogens with one attached hydrogen (secondary N) is 1. The van der Waals surface area contributed by atoms with E-state index < -0.39 is 0 Å². The second-order valence-corrected chi connectivity index (χ2v) is 4.57. The first-order valence-electron chi connectivity index (χ1n) is 6.43. The van der Waals surface area contributed by atoms with Crippen LogP contribution >= 0.6 is 0 Å². The zero-order valence-electron chi connectivity index (χ0n) is 10.8. The van der Waals surface area contributed by atoms with Gasteiger partial charge in [-0.25, -0.2) is 4.79 Å². The summed E-state index contributed by atoms with van der Waals surface area (Å²) < 4.78 is 0. The molecule has 94 valence electrons. The lowest BCUT2D eigenvalue weighted by Crippen LogP contribution is -2.52. The van der Waals surface area contributed by atoms with Crippen LogP contribution in [0.3, 0.4) is 0 Å². The Balaban J connectivity index is 2.47. The molecular formula is C12H25N3O.